The van der Waals surface area contributed by atoms with E-state index in [0.717, 1.165) is 33.4 Å². The molecular formula is C29H32F2N4O4S2. The third-order valence-electron chi connectivity index (χ3n) is 5.65. The maximum absolute atomic E-state index is 14.9. The van der Waals surface area contributed by atoms with Gasteiger partial charge in [-0.05, 0) is 67.7 Å². The van der Waals surface area contributed by atoms with E-state index in [0.29, 0.717) is 6.54 Å². The fourth-order valence-electron chi connectivity index (χ4n) is 3.66. The first-order valence-corrected chi connectivity index (χ1v) is 14.7. The van der Waals surface area contributed by atoms with Gasteiger partial charge in [0.25, 0.3) is 5.91 Å². The summed E-state index contributed by atoms with van der Waals surface area (Å²) >= 11 is 1.45. The van der Waals surface area contributed by atoms with E-state index in [-0.39, 0.29) is 17.2 Å². The Balaban J connectivity index is 0.00000226. The van der Waals surface area contributed by atoms with E-state index in [1.165, 1.54) is 21.7 Å². The second-order valence-corrected chi connectivity index (χ2v) is 11.3. The van der Waals surface area contributed by atoms with Crippen LogP contribution in [0.1, 0.15) is 19.4 Å². The van der Waals surface area contributed by atoms with Gasteiger partial charge < -0.3 is 4.74 Å². The monoisotopic (exact) mass is 602 g/mol. The van der Waals surface area contributed by atoms with E-state index >= 15 is 0 Å². The van der Waals surface area contributed by atoms with Gasteiger partial charge in [0.15, 0.2) is 17.4 Å². The van der Waals surface area contributed by atoms with Crippen molar-refractivity contribution in [3.8, 4) is 11.5 Å². The molecule has 3 aromatic carbocycles. The number of fused-ring (bicyclic) bond motifs is 1. The van der Waals surface area contributed by atoms with Gasteiger partial charge in [-0.2, -0.15) is 0 Å². The summed E-state index contributed by atoms with van der Waals surface area (Å²) in [5, 5.41) is 11.0. The number of carbonyl (C=O) groups is 1. The summed E-state index contributed by atoms with van der Waals surface area (Å²) < 4.78 is 51.5. The fraction of sp³-hybridized carbons (Fsp3) is 0.241. The molecule has 0 fully saturated rings. The number of nitrogens with one attached hydrogen (secondary N) is 1. The minimum Gasteiger partial charge on any atom is -0.451 e. The Bertz CT molecular complexity index is 1460. The van der Waals surface area contributed by atoms with Gasteiger partial charge >= 0.3 is 0 Å². The number of pyridine rings is 1. The van der Waals surface area contributed by atoms with E-state index < -0.39 is 40.8 Å². The number of benzene rings is 3. The summed E-state index contributed by atoms with van der Waals surface area (Å²) in [5.74, 6) is -3.27. The van der Waals surface area contributed by atoms with Crippen molar-refractivity contribution >= 4 is 39.6 Å². The summed E-state index contributed by atoms with van der Waals surface area (Å²) in [4.78, 5) is 16.8. The molecule has 41 heavy (non-hydrogen) atoms. The van der Waals surface area contributed by atoms with E-state index in [9.17, 15) is 17.8 Å². The lowest BCUT2D eigenvalue weighted by Gasteiger charge is -2.24. The number of aromatic nitrogens is 1. The number of amides is 1. The van der Waals surface area contributed by atoms with Crippen molar-refractivity contribution in [1.29, 1.82) is 0 Å². The fourth-order valence-corrected chi connectivity index (χ4v) is 5.78. The molecule has 0 aliphatic carbocycles. The summed E-state index contributed by atoms with van der Waals surface area (Å²) in [7, 11) is -0.297. The van der Waals surface area contributed by atoms with Crippen LogP contribution in [0.4, 0.5) is 8.78 Å². The molecule has 0 bridgehead atoms. The third kappa shape index (κ3) is 8.78. The first-order chi connectivity index (χ1) is 19.7. The molecular weight excluding hydrogens is 570 g/mol. The van der Waals surface area contributed by atoms with Crippen LogP contribution in [-0.2, 0) is 15.8 Å². The van der Waals surface area contributed by atoms with Gasteiger partial charge in [0.2, 0.25) is 0 Å². The van der Waals surface area contributed by atoms with Gasteiger partial charge in [0, 0.05) is 35.8 Å². The molecule has 4 aromatic rings. The highest BCUT2D eigenvalue weighted by molar-refractivity contribution is 7.97. The number of hydroxylamine groups is 1. The van der Waals surface area contributed by atoms with Gasteiger partial charge in [0.1, 0.15) is 16.7 Å². The lowest BCUT2D eigenvalue weighted by atomic mass is 10.2. The van der Waals surface area contributed by atoms with Crippen LogP contribution in [-0.4, -0.2) is 55.6 Å². The molecule has 0 aliphatic rings. The van der Waals surface area contributed by atoms with Gasteiger partial charge in [-0.3, -0.25) is 15.0 Å². The van der Waals surface area contributed by atoms with Crippen LogP contribution in [0.3, 0.4) is 0 Å². The van der Waals surface area contributed by atoms with Crippen molar-refractivity contribution in [3.63, 3.8) is 0 Å². The Labute approximate surface area is 245 Å². The highest BCUT2D eigenvalue weighted by atomic mass is 32.2. The second-order valence-electron chi connectivity index (χ2n) is 8.57. The average molecular weight is 603 g/mol. The van der Waals surface area contributed by atoms with Gasteiger partial charge in [-0.1, -0.05) is 43.7 Å². The molecule has 1 unspecified atom stereocenters. The molecule has 1 aromatic heterocycles. The SMILES string of the molecule is CC.Cc1ccc(Oc2c(F)cc(S(=O)N(CCN(C)Sc3cccc4cnccc34)CC(=O)NO)cc2F)cc1. The van der Waals surface area contributed by atoms with Crippen molar-refractivity contribution in [3.05, 3.63) is 90.3 Å². The molecule has 0 spiro atoms. The lowest BCUT2D eigenvalue weighted by Crippen LogP contribution is -2.40. The third-order valence-corrected chi connectivity index (χ3v) is 8.12. The highest BCUT2D eigenvalue weighted by Crippen LogP contribution is 2.31. The van der Waals surface area contributed by atoms with Crippen molar-refractivity contribution < 1.29 is 27.7 Å². The number of nitrogens with zero attached hydrogens (tertiary/aromatic N) is 3. The predicted molar refractivity (Wildman–Crippen MR) is 157 cm³/mol. The topological polar surface area (TPSA) is 95.0 Å². The number of ether oxygens (including phenoxy) is 1. The Morgan fingerprint density at radius 2 is 1.76 bits per heavy atom. The molecule has 1 atom stereocenters. The summed E-state index contributed by atoms with van der Waals surface area (Å²) in [6.07, 6.45) is 3.48. The molecule has 12 heteroatoms. The molecule has 2 N–H and O–H groups in total. The van der Waals surface area contributed by atoms with Gasteiger partial charge in [-0.25, -0.2) is 27.1 Å². The Morgan fingerprint density at radius 1 is 1.07 bits per heavy atom. The molecule has 218 valence electrons. The largest absolute Gasteiger partial charge is 0.451 e. The van der Waals surface area contributed by atoms with Crippen LogP contribution < -0.4 is 10.2 Å². The summed E-state index contributed by atoms with van der Waals surface area (Å²) in [6.45, 7) is 5.82. The first-order valence-electron chi connectivity index (χ1n) is 12.8. The number of likely N-dealkylation sites (N-methyl/N-ethyl adjacent to an activating group) is 1. The van der Waals surface area contributed by atoms with Crippen LogP contribution in [0, 0.1) is 18.6 Å². The summed E-state index contributed by atoms with van der Waals surface area (Å²) in [6, 6.07) is 16.2. The molecule has 1 amide bonds. The normalized spacial score (nSPS) is 11.7. The van der Waals surface area contributed by atoms with Crippen molar-refractivity contribution in [2.75, 3.05) is 26.7 Å². The molecule has 8 nitrogen and oxygen atoms in total. The number of aryl methyl sites for hydroxylation is 1. The zero-order chi connectivity index (χ0) is 29.9. The van der Waals surface area contributed by atoms with E-state index in [1.807, 2.05) is 56.4 Å². The van der Waals surface area contributed by atoms with Crippen molar-refractivity contribution in [2.24, 2.45) is 0 Å². The molecule has 0 saturated heterocycles. The number of carbonyl (C=O) groups excluding carboxylic acids is 1. The molecule has 0 aliphatic heterocycles. The molecule has 0 saturated carbocycles. The van der Waals surface area contributed by atoms with Crippen LogP contribution in [0.25, 0.3) is 10.8 Å². The number of hydrogen-bond donors (Lipinski definition) is 2. The Morgan fingerprint density at radius 3 is 2.41 bits per heavy atom. The van der Waals surface area contributed by atoms with Crippen LogP contribution >= 0.6 is 11.9 Å². The quantitative estimate of drug-likeness (QED) is 0.122. The lowest BCUT2D eigenvalue weighted by molar-refractivity contribution is -0.129. The standard InChI is InChI=1S/C27H26F2N4O4S2.C2H6/c1-18-6-8-20(9-7-18)37-27-23(28)14-21(15-24(27)29)39(36)33(17-26(34)31-35)13-12-32(2)38-25-5-3-4-19-16-30-11-10-22(19)25;1-2/h3-11,14-16,35H,12-13,17H2,1-2H3,(H,31,34);1-2H3. The second kappa shape index (κ2) is 15.5. The van der Waals surface area contributed by atoms with E-state index in [4.69, 9.17) is 9.94 Å². The predicted octanol–water partition coefficient (Wildman–Crippen LogP) is 6.11. The summed E-state index contributed by atoms with van der Waals surface area (Å²) in [5.41, 5.74) is 2.46. The molecule has 4 rings (SSSR count). The number of halogens is 2. The zero-order valence-corrected chi connectivity index (χ0v) is 24.8. The Kier molecular flexibility index (Phi) is 12.2. The van der Waals surface area contributed by atoms with Gasteiger partial charge in [-0.15, -0.1) is 0 Å². The van der Waals surface area contributed by atoms with Crippen molar-refractivity contribution in [2.45, 2.75) is 30.6 Å². The maximum Gasteiger partial charge on any atom is 0.258 e. The average Bonchev–Trinajstić information content (AvgIpc) is 2.98. The zero-order valence-electron chi connectivity index (χ0n) is 23.1. The minimum absolute atomic E-state index is 0.0840. The smallest absolute Gasteiger partial charge is 0.258 e. The highest BCUT2D eigenvalue weighted by Gasteiger charge is 2.23. The first kappa shape index (κ1) is 32.1. The molecule has 1 heterocycles. The van der Waals surface area contributed by atoms with E-state index in [2.05, 4.69) is 4.98 Å². The maximum atomic E-state index is 14.9. The van der Waals surface area contributed by atoms with Gasteiger partial charge in [0.05, 0.1) is 11.4 Å². The van der Waals surface area contributed by atoms with Crippen LogP contribution in [0.2, 0.25) is 0 Å². The van der Waals surface area contributed by atoms with Crippen LogP contribution in [0.5, 0.6) is 11.5 Å². The minimum atomic E-state index is -2.13. The van der Waals surface area contributed by atoms with Crippen LogP contribution in [0.15, 0.2) is 82.8 Å². The molecule has 0 radical (unpaired) electrons. The Hall–Kier alpha value is -3.42. The number of hydrogen-bond acceptors (Lipinski definition) is 7. The number of rotatable bonds is 11. The van der Waals surface area contributed by atoms with Crippen molar-refractivity contribution in [1.82, 2.24) is 19.1 Å². The van der Waals surface area contributed by atoms with E-state index in [1.54, 1.807) is 36.7 Å².